The molecule has 0 aliphatic heterocycles. The van der Waals surface area contributed by atoms with Crippen molar-refractivity contribution >= 4 is 22.9 Å². The minimum Gasteiger partial charge on any atom is -0.398 e. The van der Waals surface area contributed by atoms with Crippen molar-refractivity contribution in [1.82, 2.24) is 5.32 Å². The number of nitrogens with one attached hydrogen (secondary N) is 1. The van der Waals surface area contributed by atoms with Crippen LogP contribution in [0.5, 0.6) is 0 Å². The molecule has 3 nitrogen and oxygen atoms in total. The fourth-order valence-corrected chi connectivity index (χ4v) is 2.84. The van der Waals surface area contributed by atoms with E-state index in [2.05, 4.69) is 12.2 Å². The summed E-state index contributed by atoms with van der Waals surface area (Å²) in [5, 5.41) is 4.90. The first-order valence-corrected chi connectivity index (χ1v) is 7.39. The van der Waals surface area contributed by atoms with E-state index in [1.807, 2.05) is 17.5 Å². The molecular weight excluding hydrogens is 275 g/mol. The summed E-state index contributed by atoms with van der Waals surface area (Å²) < 4.78 is 13.2. The summed E-state index contributed by atoms with van der Waals surface area (Å²) in [7, 11) is 0. The van der Waals surface area contributed by atoms with E-state index in [9.17, 15) is 9.18 Å². The molecule has 0 bridgehead atoms. The van der Waals surface area contributed by atoms with Crippen LogP contribution in [-0.2, 0) is 0 Å². The van der Waals surface area contributed by atoms with Crippen LogP contribution in [0.3, 0.4) is 0 Å². The summed E-state index contributed by atoms with van der Waals surface area (Å²) in [6.07, 6.45) is 1.78. The maximum absolute atomic E-state index is 13.2. The molecule has 1 aromatic carbocycles. The van der Waals surface area contributed by atoms with Crippen LogP contribution >= 0.6 is 11.3 Å². The molecule has 5 heteroatoms. The van der Waals surface area contributed by atoms with Crippen molar-refractivity contribution in [3.63, 3.8) is 0 Å². The van der Waals surface area contributed by atoms with Crippen LogP contribution in [0.1, 0.15) is 41.0 Å². The summed E-state index contributed by atoms with van der Waals surface area (Å²) in [4.78, 5) is 13.3. The van der Waals surface area contributed by atoms with Gasteiger partial charge in [-0.25, -0.2) is 4.39 Å². The highest BCUT2D eigenvalue weighted by Gasteiger charge is 2.17. The van der Waals surface area contributed by atoms with Crippen molar-refractivity contribution in [2.24, 2.45) is 0 Å². The Kier molecular flexibility index (Phi) is 4.74. The van der Waals surface area contributed by atoms with Crippen LogP contribution in [0.25, 0.3) is 0 Å². The van der Waals surface area contributed by atoms with E-state index in [-0.39, 0.29) is 23.2 Å². The normalized spacial score (nSPS) is 12.1. The molecule has 0 spiro atoms. The SMILES string of the molecule is CCCC(NC(=O)c1cc(F)ccc1N)c1cccs1. The molecule has 0 aliphatic rings. The molecule has 0 aliphatic carbocycles. The van der Waals surface area contributed by atoms with Gasteiger partial charge in [0.1, 0.15) is 5.82 Å². The topological polar surface area (TPSA) is 55.1 Å². The molecule has 3 N–H and O–H groups in total. The van der Waals surface area contributed by atoms with Gasteiger partial charge in [0.25, 0.3) is 5.91 Å². The molecular formula is C15H17FN2OS. The monoisotopic (exact) mass is 292 g/mol. The largest absolute Gasteiger partial charge is 0.398 e. The third-order valence-electron chi connectivity index (χ3n) is 3.03. The molecule has 20 heavy (non-hydrogen) atoms. The predicted molar refractivity (Wildman–Crippen MR) is 80.2 cm³/mol. The van der Waals surface area contributed by atoms with Crippen molar-refractivity contribution in [3.05, 3.63) is 52.0 Å². The third kappa shape index (κ3) is 3.36. The zero-order chi connectivity index (χ0) is 14.5. The Hall–Kier alpha value is -1.88. The average Bonchev–Trinajstić information content (AvgIpc) is 2.95. The summed E-state index contributed by atoms with van der Waals surface area (Å²) in [6, 6.07) is 7.70. The number of nitrogens with two attached hydrogens (primary N) is 1. The Labute approximate surface area is 121 Å². The van der Waals surface area contributed by atoms with E-state index in [1.54, 1.807) is 11.3 Å². The Morgan fingerprint density at radius 1 is 1.45 bits per heavy atom. The van der Waals surface area contributed by atoms with Crippen LogP contribution < -0.4 is 11.1 Å². The van der Waals surface area contributed by atoms with E-state index < -0.39 is 5.82 Å². The molecule has 0 radical (unpaired) electrons. The number of carbonyl (C=O) groups excluding carboxylic acids is 1. The lowest BCUT2D eigenvalue weighted by Crippen LogP contribution is -2.28. The number of nitrogen functional groups attached to an aromatic ring is 1. The van der Waals surface area contributed by atoms with Crippen LogP contribution in [0.4, 0.5) is 10.1 Å². The van der Waals surface area contributed by atoms with E-state index in [4.69, 9.17) is 5.73 Å². The predicted octanol–water partition coefficient (Wildman–Crippen LogP) is 3.74. The quantitative estimate of drug-likeness (QED) is 0.825. The second kappa shape index (κ2) is 6.52. The van der Waals surface area contributed by atoms with Crippen LogP contribution in [0, 0.1) is 5.82 Å². The van der Waals surface area contributed by atoms with Gasteiger partial charge < -0.3 is 11.1 Å². The van der Waals surface area contributed by atoms with Gasteiger partial charge in [-0.2, -0.15) is 0 Å². The average molecular weight is 292 g/mol. The lowest BCUT2D eigenvalue weighted by molar-refractivity contribution is 0.0935. The van der Waals surface area contributed by atoms with Crippen LogP contribution in [-0.4, -0.2) is 5.91 Å². The first-order chi connectivity index (χ1) is 9.61. The van der Waals surface area contributed by atoms with Gasteiger partial charge in [0.15, 0.2) is 0 Å². The van der Waals surface area contributed by atoms with Gasteiger partial charge in [0.05, 0.1) is 11.6 Å². The van der Waals surface area contributed by atoms with Gasteiger partial charge in [-0.3, -0.25) is 4.79 Å². The van der Waals surface area contributed by atoms with Crippen molar-refractivity contribution in [3.8, 4) is 0 Å². The fourth-order valence-electron chi connectivity index (χ4n) is 2.02. The number of rotatable bonds is 5. The molecule has 1 amide bonds. The molecule has 0 saturated carbocycles. The summed E-state index contributed by atoms with van der Waals surface area (Å²) >= 11 is 1.60. The van der Waals surface area contributed by atoms with Gasteiger partial charge in [-0.15, -0.1) is 11.3 Å². The Bertz CT molecular complexity index is 584. The van der Waals surface area contributed by atoms with Gasteiger partial charge in [-0.1, -0.05) is 19.4 Å². The molecule has 2 rings (SSSR count). The number of hydrogen-bond donors (Lipinski definition) is 2. The van der Waals surface area contributed by atoms with Crippen molar-refractivity contribution in [2.45, 2.75) is 25.8 Å². The van der Waals surface area contributed by atoms with Gasteiger partial charge >= 0.3 is 0 Å². The van der Waals surface area contributed by atoms with Crippen molar-refractivity contribution < 1.29 is 9.18 Å². The molecule has 1 unspecified atom stereocenters. The third-order valence-corrected chi connectivity index (χ3v) is 4.02. The summed E-state index contributed by atoms with van der Waals surface area (Å²) in [6.45, 7) is 2.06. The molecule has 1 aromatic heterocycles. The van der Waals surface area contributed by atoms with E-state index in [0.717, 1.165) is 17.7 Å². The smallest absolute Gasteiger partial charge is 0.253 e. The standard InChI is InChI=1S/C15H17FN2OS/c1-2-4-13(14-5-3-8-20-14)18-15(19)11-9-10(16)6-7-12(11)17/h3,5-9,13H,2,4,17H2,1H3,(H,18,19). The zero-order valence-electron chi connectivity index (χ0n) is 11.2. The minimum absolute atomic E-state index is 0.0600. The van der Waals surface area contributed by atoms with Crippen LogP contribution in [0.15, 0.2) is 35.7 Å². The molecule has 0 saturated heterocycles. The van der Waals surface area contributed by atoms with E-state index >= 15 is 0 Å². The lowest BCUT2D eigenvalue weighted by Gasteiger charge is -2.17. The van der Waals surface area contributed by atoms with Gasteiger partial charge in [0, 0.05) is 10.6 Å². The highest BCUT2D eigenvalue weighted by molar-refractivity contribution is 7.10. The Morgan fingerprint density at radius 3 is 2.90 bits per heavy atom. The lowest BCUT2D eigenvalue weighted by atomic mass is 10.1. The Balaban J connectivity index is 2.18. The zero-order valence-corrected chi connectivity index (χ0v) is 12.0. The van der Waals surface area contributed by atoms with Gasteiger partial charge in [0.2, 0.25) is 0 Å². The number of hydrogen-bond acceptors (Lipinski definition) is 3. The van der Waals surface area contributed by atoms with Crippen LogP contribution in [0.2, 0.25) is 0 Å². The number of amides is 1. The molecule has 106 valence electrons. The fraction of sp³-hybridized carbons (Fsp3) is 0.267. The molecule has 2 aromatic rings. The van der Waals surface area contributed by atoms with Crippen molar-refractivity contribution in [2.75, 3.05) is 5.73 Å². The second-order valence-corrected chi connectivity index (χ2v) is 5.54. The maximum Gasteiger partial charge on any atom is 0.253 e. The van der Waals surface area contributed by atoms with Gasteiger partial charge in [-0.05, 0) is 36.1 Å². The number of benzene rings is 1. The van der Waals surface area contributed by atoms with E-state index in [1.165, 1.54) is 18.2 Å². The maximum atomic E-state index is 13.2. The summed E-state index contributed by atoms with van der Waals surface area (Å²) in [5.41, 5.74) is 6.20. The first-order valence-electron chi connectivity index (χ1n) is 6.51. The number of thiophene rings is 1. The summed E-state index contributed by atoms with van der Waals surface area (Å²) in [5.74, 6) is -0.804. The first kappa shape index (κ1) is 14.5. The number of halogens is 1. The minimum atomic E-state index is -0.465. The molecule has 0 fully saturated rings. The van der Waals surface area contributed by atoms with Crippen molar-refractivity contribution in [1.29, 1.82) is 0 Å². The highest BCUT2D eigenvalue weighted by Crippen LogP contribution is 2.24. The van der Waals surface area contributed by atoms with E-state index in [0.29, 0.717) is 0 Å². The second-order valence-electron chi connectivity index (χ2n) is 4.56. The Morgan fingerprint density at radius 2 is 2.25 bits per heavy atom. The molecule has 1 atom stereocenters. The highest BCUT2D eigenvalue weighted by atomic mass is 32.1. The molecule has 1 heterocycles. The number of anilines is 1. The number of carbonyl (C=O) groups is 1.